The van der Waals surface area contributed by atoms with Gasteiger partial charge in [0, 0.05) is 23.1 Å². The van der Waals surface area contributed by atoms with E-state index in [1.54, 1.807) is 30.3 Å². The summed E-state index contributed by atoms with van der Waals surface area (Å²) in [6.45, 7) is 1.40. The van der Waals surface area contributed by atoms with Gasteiger partial charge in [0.1, 0.15) is 11.4 Å². The zero-order valence-electron chi connectivity index (χ0n) is 15.7. The van der Waals surface area contributed by atoms with Crippen LogP contribution in [0, 0.1) is 0 Å². The van der Waals surface area contributed by atoms with Crippen molar-refractivity contribution in [1.29, 1.82) is 0 Å². The van der Waals surface area contributed by atoms with Crippen molar-refractivity contribution >= 4 is 33.1 Å². The van der Waals surface area contributed by atoms with E-state index in [9.17, 15) is 18.0 Å². The minimum absolute atomic E-state index is 0.0120. The number of H-pyrrole nitrogens is 1. The maximum absolute atomic E-state index is 12.6. The van der Waals surface area contributed by atoms with Crippen LogP contribution in [0.3, 0.4) is 0 Å². The molecule has 0 bridgehead atoms. The number of sulfonamides is 1. The smallest absolute Gasteiger partial charge is 0.272 e. The molecule has 1 heterocycles. The second kappa shape index (κ2) is 8.19. The third kappa shape index (κ3) is 4.82. The van der Waals surface area contributed by atoms with Crippen LogP contribution in [-0.2, 0) is 10.0 Å². The van der Waals surface area contributed by atoms with Gasteiger partial charge < -0.3 is 15.0 Å². The Morgan fingerprint density at radius 3 is 2.34 bits per heavy atom. The molecule has 0 unspecified atom stereocenters. The van der Waals surface area contributed by atoms with E-state index in [4.69, 9.17) is 4.74 Å². The molecule has 3 rings (SSSR count). The van der Waals surface area contributed by atoms with Gasteiger partial charge in [-0.3, -0.25) is 14.3 Å². The fourth-order valence-corrected chi connectivity index (χ4v) is 3.65. The maximum Gasteiger partial charge on any atom is 0.272 e. The Hall–Kier alpha value is -3.59. The van der Waals surface area contributed by atoms with Crippen LogP contribution in [0.1, 0.15) is 27.8 Å². The molecular formula is C20H19N3O5S. The lowest BCUT2D eigenvalue weighted by Crippen LogP contribution is -2.15. The average Bonchev–Trinajstić information content (AvgIpc) is 3.19. The molecule has 2 aromatic carbocycles. The number of ether oxygens (including phenoxy) is 1. The van der Waals surface area contributed by atoms with Crippen LogP contribution < -0.4 is 14.8 Å². The molecule has 0 saturated heterocycles. The molecule has 9 heteroatoms. The van der Waals surface area contributed by atoms with Crippen molar-refractivity contribution in [2.24, 2.45) is 0 Å². The second-order valence-corrected chi connectivity index (χ2v) is 7.86. The van der Waals surface area contributed by atoms with Crippen molar-refractivity contribution in [2.45, 2.75) is 11.8 Å². The van der Waals surface area contributed by atoms with Crippen molar-refractivity contribution in [2.75, 3.05) is 17.1 Å². The van der Waals surface area contributed by atoms with E-state index >= 15 is 0 Å². The monoisotopic (exact) mass is 413 g/mol. The Balaban J connectivity index is 1.76. The minimum atomic E-state index is -3.86. The largest absolute Gasteiger partial charge is 0.497 e. The fourth-order valence-electron chi connectivity index (χ4n) is 2.54. The number of hydrogen-bond acceptors (Lipinski definition) is 5. The van der Waals surface area contributed by atoms with Crippen molar-refractivity contribution in [3.05, 3.63) is 72.1 Å². The molecule has 29 heavy (non-hydrogen) atoms. The van der Waals surface area contributed by atoms with Gasteiger partial charge in [0.05, 0.1) is 12.0 Å². The Morgan fingerprint density at radius 2 is 1.72 bits per heavy atom. The summed E-state index contributed by atoms with van der Waals surface area (Å²) in [7, 11) is -2.34. The molecule has 3 aromatic rings. The molecule has 1 aromatic heterocycles. The van der Waals surface area contributed by atoms with Gasteiger partial charge in [0.2, 0.25) is 0 Å². The molecule has 8 nitrogen and oxygen atoms in total. The van der Waals surface area contributed by atoms with Crippen molar-refractivity contribution in [1.82, 2.24) is 4.98 Å². The highest BCUT2D eigenvalue weighted by atomic mass is 32.2. The molecule has 0 fully saturated rings. The summed E-state index contributed by atoms with van der Waals surface area (Å²) in [6, 6.07) is 13.7. The molecule has 150 valence electrons. The van der Waals surface area contributed by atoms with Gasteiger partial charge in [-0.05, 0) is 55.5 Å². The SMILES string of the molecule is COc1ccc(NS(=O)(=O)c2cccc(NC(=O)c3cc(C(C)=O)c[nH]3)c2)cc1. The molecule has 0 aliphatic rings. The number of nitrogens with one attached hydrogen (secondary N) is 3. The Bertz CT molecular complexity index is 1150. The van der Waals surface area contributed by atoms with E-state index in [1.165, 1.54) is 44.5 Å². The van der Waals surface area contributed by atoms with Gasteiger partial charge in [-0.25, -0.2) is 8.42 Å². The Labute approximate surface area is 168 Å². The quantitative estimate of drug-likeness (QED) is 0.514. The highest BCUT2D eigenvalue weighted by molar-refractivity contribution is 7.92. The summed E-state index contributed by atoms with van der Waals surface area (Å²) in [6.07, 6.45) is 1.44. The average molecular weight is 413 g/mol. The van der Waals surface area contributed by atoms with Crippen LogP contribution in [0.2, 0.25) is 0 Å². The highest BCUT2D eigenvalue weighted by Gasteiger charge is 2.16. The van der Waals surface area contributed by atoms with Gasteiger partial charge in [0.15, 0.2) is 5.78 Å². The van der Waals surface area contributed by atoms with E-state index in [2.05, 4.69) is 15.0 Å². The number of aromatic nitrogens is 1. The predicted molar refractivity (Wildman–Crippen MR) is 109 cm³/mol. The van der Waals surface area contributed by atoms with Crippen LogP contribution in [0.4, 0.5) is 11.4 Å². The third-order valence-electron chi connectivity index (χ3n) is 4.08. The number of ketones is 1. The molecule has 3 N–H and O–H groups in total. The first-order chi connectivity index (χ1) is 13.8. The normalized spacial score (nSPS) is 11.0. The van der Waals surface area contributed by atoms with E-state index in [0.717, 1.165) is 0 Å². The summed E-state index contributed by atoms with van der Waals surface area (Å²) >= 11 is 0. The number of benzene rings is 2. The first-order valence-electron chi connectivity index (χ1n) is 8.56. The number of aromatic amines is 1. The number of methoxy groups -OCH3 is 1. The summed E-state index contributed by atoms with van der Waals surface area (Å²) < 4.78 is 32.8. The van der Waals surface area contributed by atoms with Gasteiger partial charge in [-0.2, -0.15) is 0 Å². The number of rotatable bonds is 7. The maximum atomic E-state index is 12.6. The zero-order chi connectivity index (χ0) is 21.0. The molecule has 0 atom stereocenters. The van der Waals surface area contributed by atoms with E-state index < -0.39 is 15.9 Å². The number of amides is 1. The van der Waals surface area contributed by atoms with Crippen LogP contribution in [-0.4, -0.2) is 32.2 Å². The summed E-state index contributed by atoms with van der Waals surface area (Å²) in [5.41, 5.74) is 1.25. The fraction of sp³-hybridized carbons (Fsp3) is 0.100. The molecule has 1 amide bonds. The van der Waals surface area contributed by atoms with Crippen molar-refractivity contribution in [3.8, 4) is 5.75 Å². The van der Waals surface area contributed by atoms with Crippen LogP contribution in [0.15, 0.2) is 65.7 Å². The summed E-state index contributed by atoms with van der Waals surface area (Å²) in [5, 5.41) is 2.61. The third-order valence-corrected chi connectivity index (χ3v) is 5.46. The zero-order valence-corrected chi connectivity index (χ0v) is 16.5. The number of anilines is 2. The minimum Gasteiger partial charge on any atom is -0.497 e. The number of carbonyl (C=O) groups is 2. The lowest BCUT2D eigenvalue weighted by atomic mass is 10.2. The first kappa shape index (κ1) is 20.2. The van der Waals surface area contributed by atoms with Crippen LogP contribution >= 0.6 is 0 Å². The molecular weight excluding hydrogens is 394 g/mol. The molecule has 0 aliphatic carbocycles. The Kier molecular flexibility index (Phi) is 5.69. The lowest BCUT2D eigenvalue weighted by Gasteiger charge is -2.10. The predicted octanol–water partition coefficient (Wildman–Crippen LogP) is 3.28. The standard InChI is InChI=1S/C20H19N3O5S/c1-13(24)14-10-19(21-12-14)20(25)22-16-4-3-5-18(11-16)29(26,27)23-15-6-8-17(28-2)9-7-15/h3-12,21,23H,1-2H3,(H,22,25). The van der Waals surface area contributed by atoms with E-state index in [-0.39, 0.29) is 16.4 Å². The van der Waals surface area contributed by atoms with Crippen molar-refractivity contribution in [3.63, 3.8) is 0 Å². The summed E-state index contributed by atoms with van der Waals surface area (Å²) in [5.74, 6) is -0.0527. The lowest BCUT2D eigenvalue weighted by molar-refractivity contribution is 0.101. The van der Waals surface area contributed by atoms with Gasteiger partial charge in [-0.1, -0.05) is 6.07 Å². The topological polar surface area (TPSA) is 117 Å². The first-order valence-corrected chi connectivity index (χ1v) is 10.0. The van der Waals surface area contributed by atoms with E-state index in [1.807, 2.05) is 0 Å². The van der Waals surface area contributed by atoms with E-state index in [0.29, 0.717) is 22.7 Å². The van der Waals surface area contributed by atoms with Crippen molar-refractivity contribution < 1.29 is 22.7 Å². The van der Waals surface area contributed by atoms with Crippen LogP contribution in [0.25, 0.3) is 0 Å². The van der Waals surface area contributed by atoms with Gasteiger partial charge in [-0.15, -0.1) is 0 Å². The number of Topliss-reactive ketones (excluding diaryl/α,β-unsaturated/α-hetero) is 1. The second-order valence-electron chi connectivity index (χ2n) is 6.17. The van der Waals surface area contributed by atoms with Crippen LogP contribution in [0.5, 0.6) is 5.75 Å². The van der Waals surface area contributed by atoms with Gasteiger partial charge >= 0.3 is 0 Å². The summed E-state index contributed by atoms with van der Waals surface area (Å²) in [4.78, 5) is 26.4. The number of carbonyl (C=O) groups excluding carboxylic acids is 2. The number of hydrogen-bond donors (Lipinski definition) is 3. The highest BCUT2D eigenvalue weighted by Crippen LogP contribution is 2.21. The molecule has 0 spiro atoms. The molecule has 0 saturated carbocycles. The van der Waals surface area contributed by atoms with Gasteiger partial charge in [0.25, 0.3) is 15.9 Å². The Morgan fingerprint density at radius 1 is 1.00 bits per heavy atom. The molecule has 0 aliphatic heterocycles. The molecule has 0 radical (unpaired) electrons.